The molecule has 0 saturated heterocycles. The molecule has 0 radical (unpaired) electrons. The second kappa shape index (κ2) is 10.3. The third kappa shape index (κ3) is 5.77. The van der Waals surface area contributed by atoms with Crippen LogP contribution in [0.2, 0.25) is 0 Å². The molecule has 6 unspecified atom stereocenters. The summed E-state index contributed by atoms with van der Waals surface area (Å²) in [7, 11) is 0. The molecule has 0 N–H and O–H groups in total. The number of carbonyl (C=O) groups is 2. The van der Waals surface area contributed by atoms with Gasteiger partial charge in [0, 0.05) is 5.92 Å². The number of rotatable bonds is 5. The largest absolute Gasteiger partial charge is 0.459 e. The van der Waals surface area contributed by atoms with Crippen molar-refractivity contribution in [3.05, 3.63) is 0 Å². The smallest absolute Gasteiger partial charge is 0.404 e. The second-order valence-electron chi connectivity index (χ2n) is 15.0. The number of halogens is 3. The molecule has 3 aliphatic rings. The minimum Gasteiger partial charge on any atom is -0.459 e. The van der Waals surface area contributed by atoms with Crippen molar-refractivity contribution in [1.29, 1.82) is 0 Å². The van der Waals surface area contributed by atoms with Gasteiger partial charge >= 0.3 is 18.1 Å². The maximum atomic E-state index is 12.7. The Balaban J connectivity index is 0.000000296. The van der Waals surface area contributed by atoms with Gasteiger partial charge in [0.05, 0.1) is 5.41 Å². The second-order valence-corrected chi connectivity index (χ2v) is 15.0. The van der Waals surface area contributed by atoms with Crippen LogP contribution in [0.3, 0.4) is 0 Å². The lowest BCUT2D eigenvalue weighted by Gasteiger charge is -2.47. The first-order valence-electron chi connectivity index (χ1n) is 14.5. The molecule has 38 heavy (non-hydrogen) atoms. The highest BCUT2D eigenvalue weighted by molar-refractivity contribution is 5.77. The van der Waals surface area contributed by atoms with Crippen molar-refractivity contribution in [2.75, 3.05) is 0 Å². The lowest BCUT2D eigenvalue weighted by atomic mass is 9.64. The van der Waals surface area contributed by atoms with E-state index in [-0.39, 0.29) is 28.8 Å². The molecule has 0 aromatic carbocycles. The molecule has 3 rings (SSSR count). The van der Waals surface area contributed by atoms with Crippen molar-refractivity contribution < 1.29 is 32.2 Å². The Morgan fingerprint density at radius 3 is 1.84 bits per heavy atom. The van der Waals surface area contributed by atoms with E-state index in [0.29, 0.717) is 11.3 Å². The average Bonchev–Trinajstić information content (AvgIpc) is 3.19. The first kappa shape index (κ1) is 32.9. The molecule has 0 amide bonds. The highest BCUT2D eigenvalue weighted by Gasteiger charge is 2.69. The fraction of sp³-hybridized carbons (Fsp3) is 0.935. The predicted octanol–water partition coefficient (Wildman–Crippen LogP) is 8.90. The van der Waals surface area contributed by atoms with E-state index in [2.05, 4.69) is 34.6 Å². The third-order valence-electron chi connectivity index (χ3n) is 10.7. The molecule has 7 heteroatoms. The van der Waals surface area contributed by atoms with Gasteiger partial charge in [-0.2, -0.15) is 13.2 Å². The number of hydrogen-bond acceptors (Lipinski definition) is 4. The Bertz CT molecular complexity index is 887. The molecule has 0 heterocycles. The molecule has 6 atom stereocenters. The van der Waals surface area contributed by atoms with Gasteiger partial charge in [0.15, 0.2) is 5.41 Å². The van der Waals surface area contributed by atoms with Crippen LogP contribution in [0.5, 0.6) is 0 Å². The molecule has 0 aromatic rings. The highest BCUT2D eigenvalue weighted by Crippen LogP contribution is 2.73. The van der Waals surface area contributed by atoms with E-state index in [9.17, 15) is 22.8 Å². The van der Waals surface area contributed by atoms with Crippen LogP contribution in [0.4, 0.5) is 13.2 Å². The summed E-state index contributed by atoms with van der Waals surface area (Å²) in [5, 5.41) is 0. The summed E-state index contributed by atoms with van der Waals surface area (Å²) >= 11 is 0. The summed E-state index contributed by atoms with van der Waals surface area (Å²) in [6.45, 7) is 22.5. The van der Waals surface area contributed by atoms with Gasteiger partial charge in [-0.15, -0.1) is 0 Å². The van der Waals surface area contributed by atoms with Crippen molar-refractivity contribution in [2.24, 2.45) is 39.4 Å². The van der Waals surface area contributed by atoms with E-state index in [1.54, 1.807) is 0 Å². The zero-order valence-electron chi connectivity index (χ0n) is 25.9. The van der Waals surface area contributed by atoms with Crippen LogP contribution in [-0.4, -0.2) is 29.3 Å². The number of ether oxygens (including phenoxy) is 2. The standard InChI is InChI=1S/C21H36O2.C10H17F3O2/c1-8-18(3,4)17(22)23-20(7)11-12-21-13-16(20)19(5,6)15(21)10-9-14(21)2;1-6-9(5,10(11,12)13)7(14)15-8(2,3)4/h14-16H,8-13H2,1-7H3;6H2,1-5H3. The van der Waals surface area contributed by atoms with E-state index >= 15 is 0 Å². The lowest BCUT2D eigenvalue weighted by Crippen LogP contribution is -2.49. The van der Waals surface area contributed by atoms with Gasteiger partial charge in [-0.05, 0) is 116 Å². The average molecular weight is 547 g/mol. The summed E-state index contributed by atoms with van der Waals surface area (Å²) < 4.78 is 48.9. The third-order valence-corrected chi connectivity index (χ3v) is 10.7. The first-order chi connectivity index (χ1) is 16.9. The van der Waals surface area contributed by atoms with Gasteiger partial charge in [0.2, 0.25) is 0 Å². The molecule has 3 saturated carbocycles. The van der Waals surface area contributed by atoms with Crippen LogP contribution in [0.1, 0.15) is 128 Å². The molecular formula is C31H53F3O4. The van der Waals surface area contributed by atoms with E-state index in [0.717, 1.165) is 31.6 Å². The number of hydrogen-bond donors (Lipinski definition) is 0. The molecule has 222 valence electrons. The quantitative estimate of drug-likeness (QED) is 0.323. The number of esters is 2. The Hall–Kier alpha value is -1.27. The Kier molecular flexibility index (Phi) is 8.92. The van der Waals surface area contributed by atoms with Crippen molar-refractivity contribution in [2.45, 2.75) is 145 Å². The zero-order chi connectivity index (χ0) is 29.8. The predicted molar refractivity (Wildman–Crippen MR) is 144 cm³/mol. The summed E-state index contributed by atoms with van der Waals surface area (Å²) in [6, 6.07) is 0. The summed E-state index contributed by atoms with van der Waals surface area (Å²) in [6.07, 6.45) is 2.25. The van der Waals surface area contributed by atoms with Crippen molar-refractivity contribution in [1.82, 2.24) is 0 Å². The highest BCUT2D eigenvalue weighted by atomic mass is 19.4. The topological polar surface area (TPSA) is 52.6 Å². The van der Waals surface area contributed by atoms with Crippen molar-refractivity contribution in [3.63, 3.8) is 0 Å². The van der Waals surface area contributed by atoms with E-state index in [1.165, 1.54) is 53.4 Å². The number of alkyl halides is 3. The Morgan fingerprint density at radius 2 is 1.39 bits per heavy atom. The molecule has 4 nitrogen and oxygen atoms in total. The molecule has 1 spiro atoms. The van der Waals surface area contributed by atoms with Crippen molar-refractivity contribution in [3.8, 4) is 0 Å². The van der Waals surface area contributed by atoms with Gasteiger partial charge in [-0.25, -0.2) is 0 Å². The number of carbonyl (C=O) groups excluding carboxylic acids is 2. The normalized spacial score (nSPS) is 33.9. The van der Waals surface area contributed by atoms with Crippen LogP contribution in [0, 0.1) is 39.4 Å². The summed E-state index contributed by atoms with van der Waals surface area (Å²) in [4.78, 5) is 24.2. The van der Waals surface area contributed by atoms with E-state index in [4.69, 9.17) is 9.47 Å². The van der Waals surface area contributed by atoms with Crippen LogP contribution in [0.15, 0.2) is 0 Å². The Labute approximate surface area is 229 Å². The van der Waals surface area contributed by atoms with Crippen LogP contribution in [-0.2, 0) is 19.1 Å². The molecule has 0 aromatic heterocycles. The minimum absolute atomic E-state index is 0.000595. The summed E-state index contributed by atoms with van der Waals surface area (Å²) in [5.41, 5.74) is -3.15. The van der Waals surface area contributed by atoms with Crippen molar-refractivity contribution >= 4 is 11.9 Å². The van der Waals surface area contributed by atoms with Gasteiger partial charge in [-0.1, -0.05) is 34.6 Å². The van der Waals surface area contributed by atoms with Gasteiger partial charge in [0.1, 0.15) is 11.2 Å². The Morgan fingerprint density at radius 1 is 0.842 bits per heavy atom. The van der Waals surface area contributed by atoms with Gasteiger partial charge in [-0.3, -0.25) is 9.59 Å². The fourth-order valence-corrected chi connectivity index (χ4v) is 7.33. The monoisotopic (exact) mass is 546 g/mol. The fourth-order valence-electron chi connectivity index (χ4n) is 7.33. The molecule has 0 aliphatic heterocycles. The van der Waals surface area contributed by atoms with E-state index < -0.39 is 23.2 Å². The lowest BCUT2D eigenvalue weighted by molar-refractivity contribution is -0.236. The van der Waals surface area contributed by atoms with E-state index in [1.807, 2.05) is 13.8 Å². The molecular weight excluding hydrogens is 493 g/mol. The van der Waals surface area contributed by atoms with Gasteiger partial charge in [0.25, 0.3) is 0 Å². The zero-order valence-corrected chi connectivity index (χ0v) is 25.9. The molecule has 2 bridgehead atoms. The van der Waals surface area contributed by atoms with Crippen LogP contribution < -0.4 is 0 Å². The SMILES string of the molecule is CCC(C)(C(=O)OC(C)(C)C)C(F)(F)F.CCC(C)(C)C(=O)OC1(C)CCC23CC1C(C)(C)C2CCC3C. The maximum Gasteiger partial charge on any atom is 0.404 e. The molecule has 3 fully saturated rings. The molecule has 3 aliphatic carbocycles. The summed E-state index contributed by atoms with van der Waals surface area (Å²) in [5.74, 6) is 0.941. The first-order valence-corrected chi connectivity index (χ1v) is 14.5. The minimum atomic E-state index is -4.58. The van der Waals surface area contributed by atoms with Crippen LogP contribution in [0.25, 0.3) is 0 Å². The maximum absolute atomic E-state index is 12.7. The number of fused-ring (bicyclic) bond motifs is 1. The van der Waals surface area contributed by atoms with Gasteiger partial charge < -0.3 is 9.47 Å². The van der Waals surface area contributed by atoms with Crippen LogP contribution >= 0.6 is 0 Å².